The molecule has 13 heavy (non-hydrogen) atoms. The van der Waals surface area contributed by atoms with Crippen LogP contribution in [0, 0.1) is 18.3 Å². The molecule has 1 aliphatic rings. The second-order valence-corrected chi connectivity index (χ2v) is 3.42. The van der Waals surface area contributed by atoms with Crippen molar-refractivity contribution in [1.82, 2.24) is 4.90 Å². The first-order chi connectivity index (χ1) is 6.24. The fourth-order valence-electron chi connectivity index (χ4n) is 1.47. The number of allylic oxidation sites excluding steroid dienone is 2. The van der Waals surface area contributed by atoms with E-state index in [1.54, 1.807) is 11.9 Å². The third-order valence-electron chi connectivity index (χ3n) is 2.30. The van der Waals surface area contributed by atoms with Crippen LogP contribution in [-0.2, 0) is 4.79 Å². The standard InChI is InChI=1S/C11H15NO/c1-3-8-12(2)11(13)9-10-6-4-5-7-10/h1,4,6,10H,5,7-9H2,2H3. The smallest absolute Gasteiger partial charge is 0.223 e. The summed E-state index contributed by atoms with van der Waals surface area (Å²) in [6.45, 7) is 0.412. The van der Waals surface area contributed by atoms with Gasteiger partial charge in [0.2, 0.25) is 5.91 Å². The van der Waals surface area contributed by atoms with Gasteiger partial charge in [0.25, 0.3) is 0 Å². The summed E-state index contributed by atoms with van der Waals surface area (Å²) >= 11 is 0. The first kappa shape index (κ1) is 9.85. The summed E-state index contributed by atoms with van der Waals surface area (Å²) in [7, 11) is 1.75. The summed E-state index contributed by atoms with van der Waals surface area (Å²) in [6, 6.07) is 0. The Hall–Kier alpha value is -1.23. The largest absolute Gasteiger partial charge is 0.335 e. The maximum Gasteiger partial charge on any atom is 0.223 e. The van der Waals surface area contributed by atoms with Crippen LogP contribution in [0.25, 0.3) is 0 Å². The molecule has 0 aromatic heterocycles. The first-order valence-electron chi connectivity index (χ1n) is 4.58. The van der Waals surface area contributed by atoms with Gasteiger partial charge in [-0.25, -0.2) is 0 Å². The van der Waals surface area contributed by atoms with Crippen molar-refractivity contribution in [2.45, 2.75) is 19.3 Å². The van der Waals surface area contributed by atoms with E-state index < -0.39 is 0 Å². The molecule has 0 saturated heterocycles. The topological polar surface area (TPSA) is 20.3 Å². The van der Waals surface area contributed by atoms with E-state index in [0.717, 1.165) is 12.8 Å². The van der Waals surface area contributed by atoms with Gasteiger partial charge in [-0.1, -0.05) is 18.1 Å². The van der Waals surface area contributed by atoms with Crippen LogP contribution in [0.3, 0.4) is 0 Å². The summed E-state index contributed by atoms with van der Waals surface area (Å²) in [5, 5.41) is 0. The van der Waals surface area contributed by atoms with Crippen molar-refractivity contribution >= 4 is 5.91 Å². The SMILES string of the molecule is C#CCN(C)C(=O)CC1C=CCC1. The summed E-state index contributed by atoms with van der Waals surface area (Å²) < 4.78 is 0. The Morgan fingerprint density at radius 3 is 3.08 bits per heavy atom. The molecule has 0 saturated carbocycles. The lowest BCUT2D eigenvalue weighted by Gasteiger charge is -2.15. The second kappa shape index (κ2) is 4.71. The molecule has 0 aromatic carbocycles. The van der Waals surface area contributed by atoms with E-state index in [9.17, 15) is 4.79 Å². The monoisotopic (exact) mass is 177 g/mol. The Morgan fingerprint density at radius 2 is 2.54 bits per heavy atom. The Balaban J connectivity index is 2.32. The molecule has 0 heterocycles. The van der Waals surface area contributed by atoms with E-state index in [1.807, 2.05) is 0 Å². The number of terminal acetylenes is 1. The zero-order chi connectivity index (χ0) is 9.68. The van der Waals surface area contributed by atoms with E-state index in [-0.39, 0.29) is 5.91 Å². The minimum atomic E-state index is 0.148. The van der Waals surface area contributed by atoms with E-state index in [0.29, 0.717) is 18.9 Å². The molecule has 2 nitrogen and oxygen atoms in total. The van der Waals surface area contributed by atoms with E-state index in [4.69, 9.17) is 6.42 Å². The molecule has 0 bridgehead atoms. The molecular formula is C11H15NO. The Labute approximate surface area is 79.6 Å². The molecule has 0 N–H and O–H groups in total. The van der Waals surface area contributed by atoms with Gasteiger partial charge in [0, 0.05) is 13.5 Å². The molecule has 0 spiro atoms. The molecule has 2 heteroatoms. The van der Waals surface area contributed by atoms with Crippen molar-refractivity contribution in [3.63, 3.8) is 0 Å². The fourth-order valence-corrected chi connectivity index (χ4v) is 1.47. The van der Waals surface area contributed by atoms with Gasteiger partial charge in [-0.2, -0.15) is 0 Å². The van der Waals surface area contributed by atoms with Crippen LogP contribution in [0.15, 0.2) is 12.2 Å². The minimum Gasteiger partial charge on any atom is -0.335 e. The highest BCUT2D eigenvalue weighted by atomic mass is 16.2. The van der Waals surface area contributed by atoms with Gasteiger partial charge >= 0.3 is 0 Å². The van der Waals surface area contributed by atoms with Crippen LogP contribution in [0.2, 0.25) is 0 Å². The average molecular weight is 177 g/mol. The van der Waals surface area contributed by atoms with Crippen molar-refractivity contribution in [2.24, 2.45) is 5.92 Å². The molecule has 0 aliphatic heterocycles. The molecule has 70 valence electrons. The van der Waals surface area contributed by atoms with Crippen LogP contribution >= 0.6 is 0 Å². The fraction of sp³-hybridized carbons (Fsp3) is 0.545. The van der Waals surface area contributed by atoms with Gasteiger partial charge in [0.1, 0.15) is 0 Å². The van der Waals surface area contributed by atoms with Crippen LogP contribution < -0.4 is 0 Å². The minimum absolute atomic E-state index is 0.148. The number of rotatable bonds is 3. The van der Waals surface area contributed by atoms with E-state index in [2.05, 4.69) is 18.1 Å². The number of hydrogen-bond donors (Lipinski definition) is 0. The van der Waals surface area contributed by atoms with Gasteiger partial charge in [-0.3, -0.25) is 4.79 Å². The molecule has 1 rings (SSSR count). The molecule has 1 atom stereocenters. The highest BCUT2D eigenvalue weighted by Crippen LogP contribution is 2.20. The predicted molar refractivity (Wildman–Crippen MR) is 53.0 cm³/mol. The average Bonchev–Trinajstić information content (AvgIpc) is 2.57. The summed E-state index contributed by atoms with van der Waals surface area (Å²) in [5.74, 6) is 3.05. The highest BCUT2D eigenvalue weighted by molar-refractivity contribution is 5.76. The summed E-state index contributed by atoms with van der Waals surface area (Å²) in [6.07, 6.45) is 12.2. The van der Waals surface area contributed by atoms with Gasteiger partial charge in [0.15, 0.2) is 0 Å². The van der Waals surface area contributed by atoms with Gasteiger partial charge in [-0.05, 0) is 18.8 Å². The number of carbonyl (C=O) groups is 1. The van der Waals surface area contributed by atoms with Crippen molar-refractivity contribution in [2.75, 3.05) is 13.6 Å². The quantitative estimate of drug-likeness (QED) is 0.472. The van der Waals surface area contributed by atoms with Gasteiger partial charge < -0.3 is 4.90 Å². The lowest BCUT2D eigenvalue weighted by atomic mass is 10.0. The highest BCUT2D eigenvalue weighted by Gasteiger charge is 2.15. The van der Waals surface area contributed by atoms with Crippen LogP contribution in [0.4, 0.5) is 0 Å². The number of carbonyl (C=O) groups excluding carboxylic acids is 1. The van der Waals surface area contributed by atoms with E-state index >= 15 is 0 Å². The Bertz CT molecular complexity index is 249. The zero-order valence-electron chi connectivity index (χ0n) is 7.99. The second-order valence-electron chi connectivity index (χ2n) is 3.42. The molecule has 0 aromatic rings. The first-order valence-corrected chi connectivity index (χ1v) is 4.58. The predicted octanol–water partition coefficient (Wildman–Crippen LogP) is 1.43. The maximum absolute atomic E-state index is 11.5. The van der Waals surface area contributed by atoms with Gasteiger partial charge in [-0.15, -0.1) is 6.42 Å². The van der Waals surface area contributed by atoms with Crippen molar-refractivity contribution in [3.05, 3.63) is 12.2 Å². The number of amides is 1. The number of nitrogens with zero attached hydrogens (tertiary/aromatic N) is 1. The lowest BCUT2D eigenvalue weighted by molar-refractivity contribution is -0.129. The summed E-state index contributed by atoms with van der Waals surface area (Å²) in [5.41, 5.74) is 0. The third-order valence-corrected chi connectivity index (χ3v) is 2.30. The van der Waals surface area contributed by atoms with Crippen LogP contribution in [0.1, 0.15) is 19.3 Å². The van der Waals surface area contributed by atoms with E-state index in [1.165, 1.54) is 0 Å². The van der Waals surface area contributed by atoms with Gasteiger partial charge in [0.05, 0.1) is 6.54 Å². The van der Waals surface area contributed by atoms with Crippen molar-refractivity contribution in [1.29, 1.82) is 0 Å². The lowest BCUT2D eigenvalue weighted by Crippen LogP contribution is -2.28. The molecule has 1 unspecified atom stereocenters. The van der Waals surface area contributed by atoms with Crippen LogP contribution in [-0.4, -0.2) is 24.4 Å². The van der Waals surface area contributed by atoms with Crippen LogP contribution in [0.5, 0.6) is 0 Å². The van der Waals surface area contributed by atoms with Crippen molar-refractivity contribution in [3.8, 4) is 12.3 Å². The third kappa shape index (κ3) is 2.95. The molecule has 0 radical (unpaired) electrons. The Morgan fingerprint density at radius 1 is 1.77 bits per heavy atom. The maximum atomic E-state index is 11.5. The van der Waals surface area contributed by atoms with Crippen molar-refractivity contribution < 1.29 is 4.79 Å². The zero-order valence-corrected chi connectivity index (χ0v) is 7.99. The molecular weight excluding hydrogens is 162 g/mol. The number of hydrogen-bond acceptors (Lipinski definition) is 1. The Kier molecular flexibility index (Phi) is 3.57. The molecule has 1 amide bonds. The summed E-state index contributed by atoms with van der Waals surface area (Å²) in [4.78, 5) is 13.1. The normalized spacial score (nSPS) is 19.8. The molecule has 1 aliphatic carbocycles. The molecule has 0 fully saturated rings.